The summed E-state index contributed by atoms with van der Waals surface area (Å²) in [5.74, 6) is -2.28. The number of halogens is 1. The van der Waals surface area contributed by atoms with E-state index in [4.69, 9.17) is 15.9 Å². The van der Waals surface area contributed by atoms with Crippen molar-refractivity contribution in [2.45, 2.75) is 6.04 Å². The van der Waals surface area contributed by atoms with Crippen molar-refractivity contribution < 1.29 is 19.4 Å². The summed E-state index contributed by atoms with van der Waals surface area (Å²) in [7, 11) is 0. The van der Waals surface area contributed by atoms with Crippen LogP contribution in [0.4, 0.5) is 4.39 Å². The summed E-state index contributed by atoms with van der Waals surface area (Å²) in [5.41, 5.74) is 5.05. The van der Waals surface area contributed by atoms with Gasteiger partial charge in [0.2, 0.25) is 0 Å². The number of benzene rings is 1. The van der Waals surface area contributed by atoms with Gasteiger partial charge in [0.1, 0.15) is 17.6 Å². The van der Waals surface area contributed by atoms with Crippen molar-refractivity contribution in [1.82, 2.24) is 0 Å². The van der Waals surface area contributed by atoms with Crippen molar-refractivity contribution in [3.63, 3.8) is 0 Å². The lowest BCUT2D eigenvalue weighted by Gasteiger charge is -2.08. The summed E-state index contributed by atoms with van der Waals surface area (Å²) < 4.78 is 12.6. The first-order valence-electron chi connectivity index (χ1n) is 3.49. The first kappa shape index (κ1) is 9.47. The molecule has 0 bridgehead atoms. The molecule has 1 aromatic rings. The van der Waals surface area contributed by atoms with E-state index < -0.39 is 17.8 Å². The van der Waals surface area contributed by atoms with Gasteiger partial charge >= 0.3 is 5.97 Å². The molecule has 0 aliphatic heterocycles. The van der Waals surface area contributed by atoms with E-state index in [1.807, 2.05) is 0 Å². The van der Waals surface area contributed by atoms with Crippen LogP contribution in [-0.2, 0) is 4.79 Å². The Hall–Kier alpha value is -1.62. The molecule has 0 spiro atoms. The van der Waals surface area contributed by atoms with Crippen LogP contribution in [0.25, 0.3) is 0 Å². The highest BCUT2D eigenvalue weighted by Crippen LogP contribution is 2.23. The van der Waals surface area contributed by atoms with Crippen molar-refractivity contribution in [3.05, 3.63) is 29.6 Å². The highest BCUT2D eigenvalue weighted by atomic mass is 19.1. The Labute approximate surface area is 73.4 Å². The van der Waals surface area contributed by atoms with E-state index in [1.165, 1.54) is 0 Å². The molecule has 4 N–H and O–H groups in total. The Morgan fingerprint density at radius 1 is 1.54 bits per heavy atom. The zero-order chi connectivity index (χ0) is 10.0. The van der Waals surface area contributed by atoms with Gasteiger partial charge in [-0.3, -0.25) is 4.79 Å². The van der Waals surface area contributed by atoms with E-state index in [0.717, 1.165) is 18.2 Å². The molecule has 0 saturated carbocycles. The number of carboxylic acid groups (broad SMARTS) is 1. The molecule has 1 atom stereocenters. The number of carboxylic acids is 1. The third kappa shape index (κ3) is 1.94. The smallest absolute Gasteiger partial charge is 0.325 e. The predicted molar refractivity (Wildman–Crippen MR) is 42.6 cm³/mol. The molecular formula is C8H8FNO3. The Bertz CT molecular complexity index is 340. The maximum Gasteiger partial charge on any atom is 0.325 e. The molecule has 0 aromatic heterocycles. The Balaban J connectivity index is 3.12. The Kier molecular flexibility index (Phi) is 2.48. The molecule has 1 aromatic carbocycles. The van der Waals surface area contributed by atoms with E-state index in [9.17, 15) is 9.18 Å². The summed E-state index contributed by atoms with van der Waals surface area (Å²) in [4.78, 5) is 10.4. The van der Waals surface area contributed by atoms with Gasteiger partial charge in [-0.05, 0) is 18.2 Å². The third-order valence-electron chi connectivity index (χ3n) is 1.59. The molecule has 5 heteroatoms. The van der Waals surface area contributed by atoms with Crippen molar-refractivity contribution >= 4 is 5.97 Å². The molecule has 13 heavy (non-hydrogen) atoms. The Morgan fingerprint density at radius 3 is 2.69 bits per heavy atom. The van der Waals surface area contributed by atoms with Gasteiger partial charge in [0.15, 0.2) is 0 Å². The SMILES string of the molecule is N[C@H](C(=O)O)c1cc(F)ccc1O. The number of carbonyl (C=O) groups is 1. The van der Waals surface area contributed by atoms with Crippen LogP contribution in [0.1, 0.15) is 11.6 Å². The van der Waals surface area contributed by atoms with E-state index in [1.54, 1.807) is 0 Å². The zero-order valence-electron chi connectivity index (χ0n) is 6.57. The maximum atomic E-state index is 12.6. The van der Waals surface area contributed by atoms with Crippen LogP contribution in [-0.4, -0.2) is 16.2 Å². The van der Waals surface area contributed by atoms with Crippen molar-refractivity contribution in [1.29, 1.82) is 0 Å². The number of phenols is 1. The van der Waals surface area contributed by atoms with Gasteiger partial charge in [-0.15, -0.1) is 0 Å². The first-order chi connectivity index (χ1) is 6.02. The van der Waals surface area contributed by atoms with Crippen LogP contribution in [0.3, 0.4) is 0 Å². The second-order valence-corrected chi connectivity index (χ2v) is 2.52. The fraction of sp³-hybridized carbons (Fsp3) is 0.125. The lowest BCUT2D eigenvalue weighted by molar-refractivity contribution is -0.138. The van der Waals surface area contributed by atoms with Gasteiger partial charge in [0, 0.05) is 5.56 Å². The largest absolute Gasteiger partial charge is 0.508 e. The van der Waals surface area contributed by atoms with Gasteiger partial charge in [0.05, 0.1) is 0 Å². The third-order valence-corrected chi connectivity index (χ3v) is 1.59. The average molecular weight is 185 g/mol. The van der Waals surface area contributed by atoms with E-state index in [-0.39, 0.29) is 11.3 Å². The van der Waals surface area contributed by atoms with Crippen LogP contribution in [0, 0.1) is 5.82 Å². The van der Waals surface area contributed by atoms with Crippen LogP contribution >= 0.6 is 0 Å². The number of phenolic OH excluding ortho intramolecular Hbond substituents is 1. The lowest BCUT2D eigenvalue weighted by atomic mass is 10.1. The molecule has 1 rings (SSSR count). The van der Waals surface area contributed by atoms with E-state index in [2.05, 4.69) is 0 Å². The van der Waals surface area contributed by atoms with Gasteiger partial charge in [-0.1, -0.05) is 0 Å². The standard InChI is InChI=1S/C8H8FNO3/c9-4-1-2-6(11)5(3-4)7(10)8(12)13/h1-3,7,11H,10H2,(H,12,13)/t7-/m0/s1. The number of hydrogen-bond acceptors (Lipinski definition) is 3. The number of aliphatic carboxylic acids is 1. The molecule has 0 aliphatic rings. The van der Waals surface area contributed by atoms with Crippen molar-refractivity contribution in [3.8, 4) is 5.75 Å². The lowest BCUT2D eigenvalue weighted by Crippen LogP contribution is -2.20. The minimum atomic E-state index is -1.41. The van der Waals surface area contributed by atoms with E-state index in [0.29, 0.717) is 0 Å². The van der Waals surface area contributed by atoms with Crippen molar-refractivity contribution in [2.75, 3.05) is 0 Å². The number of aromatic hydroxyl groups is 1. The fourth-order valence-electron chi connectivity index (χ4n) is 0.908. The molecule has 0 amide bonds. The molecule has 4 nitrogen and oxygen atoms in total. The number of hydrogen-bond donors (Lipinski definition) is 3. The van der Waals surface area contributed by atoms with Crippen LogP contribution in [0.2, 0.25) is 0 Å². The summed E-state index contributed by atoms with van der Waals surface area (Å²) in [5, 5.41) is 17.6. The highest BCUT2D eigenvalue weighted by molar-refractivity contribution is 5.76. The zero-order valence-corrected chi connectivity index (χ0v) is 6.57. The minimum absolute atomic E-state index is 0.132. The highest BCUT2D eigenvalue weighted by Gasteiger charge is 2.18. The normalized spacial score (nSPS) is 12.5. The molecule has 0 aliphatic carbocycles. The molecule has 70 valence electrons. The topological polar surface area (TPSA) is 83.6 Å². The van der Waals surface area contributed by atoms with E-state index >= 15 is 0 Å². The molecule has 0 fully saturated rings. The Morgan fingerprint density at radius 2 is 2.15 bits per heavy atom. The van der Waals surface area contributed by atoms with Crippen LogP contribution < -0.4 is 5.73 Å². The van der Waals surface area contributed by atoms with Crippen LogP contribution in [0.15, 0.2) is 18.2 Å². The van der Waals surface area contributed by atoms with Gasteiger partial charge in [-0.25, -0.2) is 4.39 Å². The monoisotopic (exact) mass is 185 g/mol. The van der Waals surface area contributed by atoms with Crippen molar-refractivity contribution in [2.24, 2.45) is 5.73 Å². The predicted octanol–water partition coefficient (Wildman–Crippen LogP) is 0.616. The maximum absolute atomic E-state index is 12.6. The summed E-state index contributed by atoms with van der Waals surface area (Å²) in [6, 6.07) is 1.57. The number of nitrogens with two attached hydrogens (primary N) is 1. The second-order valence-electron chi connectivity index (χ2n) is 2.52. The summed E-state index contributed by atoms with van der Waals surface area (Å²) in [6.07, 6.45) is 0. The first-order valence-corrected chi connectivity index (χ1v) is 3.49. The molecule has 0 unspecified atom stereocenters. The summed E-state index contributed by atoms with van der Waals surface area (Å²) >= 11 is 0. The second kappa shape index (κ2) is 3.40. The van der Waals surface area contributed by atoms with Gasteiger partial charge in [-0.2, -0.15) is 0 Å². The minimum Gasteiger partial charge on any atom is -0.508 e. The summed E-state index contributed by atoms with van der Waals surface area (Å²) in [6.45, 7) is 0. The molecular weight excluding hydrogens is 177 g/mol. The molecule has 0 saturated heterocycles. The van der Waals surface area contributed by atoms with Gasteiger partial charge < -0.3 is 15.9 Å². The average Bonchev–Trinajstić information content (AvgIpc) is 2.08. The molecule has 0 radical (unpaired) electrons. The fourth-order valence-corrected chi connectivity index (χ4v) is 0.908. The van der Waals surface area contributed by atoms with Crippen LogP contribution in [0.5, 0.6) is 5.75 Å². The quantitative estimate of drug-likeness (QED) is 0.630. The molecule has 0 heterocycles. The van der Waals surface area contributed by atoms with Gasteiger partial charge in [0.25, 0.3) is 0 Å². The number of rotatable bonds is 2.